The van der Waals surface area contributed by atoms with Gasteiger partial charge in [0, 0.05) is 10.9 Å². The van der Waals surface area contributed by atoms with Crippen molar-refractivity contribution in [3.63, 3.8) is 0 Å². The van der Waals surface area contributed by atoms with Crippen molar-refractivity contribution >= 4 is 11.8 Å². The quantitative estimate of drug-likeness (QED) is 0.742. The number of fused-ring (bicyclic) bond motifs is 1. The first-order valence-electron chi connectivity index (χ1n) is 4.78. The number of thioether (sulfide) groups is 1. The topological polar surface area (TPSA) is 26.0 Å². The average Bonchev–Trinajstić information content (AvgIpc) is 2.17. The summed E-state index contributed by atoms with van der Waals surface area (Å²) in [4.78, 5) is 1.45. The van der Waals surface area contributed by atoms with Crippen LogP contribution in [0.3, 0.4) is 0 Å². The highest BCUT2D eigenvalue weighted by molar-refractivity contribution is 7.99. The van der Waals surface area contributed by atoms with Crippen molar-refractivity contribution in [1.29, 1.82) is 0 Å². The minimum atomic E-state index is 0.164. The minimum absolute atomic E-state index is 0.164. The molecular formula is C11H15NS. The minimum Gasteiger partial charge on any atom is -0.324 e. The van der Waals surface area contributed by atoms with Crippen LogP contribution in [0.1, 0.15) is 30.5 Å². The van der Waals surface area contributed by atoms with E-state index in [-0.39, 0.29) is 6.04 Å². The molecule has 1 atom stereocenters. The molecule has 0 saturated heterocycles. The first-order valence-corrected chi connectivity index (χ1v) is 5.77. The number of hydrogen-bond acceptors (Lipinski definition) is 2. The van der Waals surface area contributed by atoms with Crippen LogP contribution in [0.25, 0.3) is 0 Å². The summed E-state index contributed by atoms with van der Waals surface area (Å²) in [5.74, 6) is 1.27. The fourth-order valence-corrected chi connectivity index (χ4v) is 2.68. The summed E-state index contributed by atoms with van der Waals surface area (Å²) >= 11 is 1.97. The maximum atomic E-state index is 5.84. The van der Waals surface area contributed by atoms with Gasteiger partial charge in [-0.3, -0.25) is 0 Å². The Labute approximate surface area is 83.7 Å². The highest BCUT2D eigenvalue weighted by atomic mass is 32.2. The molecule has 1 aromatic rings. The van der Waals surface area contributed by atoms with Crippen LogP contribution in [-0.4, -0.2) is 5.75 Å². The predicted molar refractivity (Wildman–Crippen MR) is 58.1 cm³/mol. The molecule has 0 spiro atoms. The SMILES string of the molecule is CC(N)c1ccc2c(c1)CCCS2. The number of benzene rings is 1. The second-order valence-electron chi connectivity index (χ2n) is 3.61. The van der Waals surface area contributed by atoms with Gasteiger partial charge < -0.3 is 5.73 Å². The molecule has 1 heterocycles. The third kappa shape index (κ3) is 1.89. The lowest BCUT2D eigenvalue weighted by molar-refractivity contribution is 0.804. The molecule has 1 aliphatic rings. The standard InChI is InChI=1S/C11H15NS/c1-8(12)9-4-5-11-10(7-9)3-2-6-13-11/h4-5,7-8H,2-3,6,12H2,1H3. The van der Waals surface area contributed by atoms with E-state index in [0.29, 0.717) is 0 Å². The molecule has 1 nitrogen and oxygen atoms in total. The monoisotopic (exact) mass is 193 g/mol. The Balaban J connectivity index is 2.35. The van der Waals surface area contributed by atoms with Crippen LogP contribution >= 0.6 is 11.8 Å². The first kappa shape index (κ1) is 9.10. The van der Waals surface area contributed by atoms with Crippen LogP contribution in [-0.2, 0) is 6.42 Å². The van der Waals surface area contributed by atoms with E-state index >= 15 is 0 Å². The van der Waals surface area contributed by atoms with Crippen molar-refractivity contribution in [3.8, 4) is 0 Å². The summed E-state index contributed by atoms with van der Waals surface area (Å²) < 4.78 is 0. The van der Waals surface area contributed by atoms with Crippen molar-refractivity contribution in [3.05, 3.63) is 29.3 Å². The Bertz CT molecular complexity index is 307. The second kappa shape index (κ2) is 3.72. The number of rotatable bonds is 1. The highest BCUT2D eigenvalue weighted by Crippen LogP contribution is 2.31. The van der Waals surface area contributed by atoms with Gasteiger partial charge >= 0.3 is 0 Å². The number of aryl methyl sites for hydroxylation is 1. The maximum Gasteiger partial charge on any atom is 0.0266 e. The van der Waals surface area contributed by atoms with Gasteiger partial charge in [-0.05, 0) is 42.7 Å². The van der Waals surface area contributed by atoms with E-state index in [1.165, 1.54) is 34.6 Å². The summed E-state index contributed by atoms with van der Waals surface area (Å²) in [5, 5.41) is 0. The van der Waals surface area contributed by atoms with Crippen molar-refractivity contribution in [2.45, 2.75) is 30.7 Å². The van der Waals surface area contributed by atoms with E-state index in [4.69, 9.17) is 5.73 Å². The van der Waals surface area contributed by atoms with E-state index in [1.807, 2.05) is 18.7 Å². The van der Waals surface area contributed by atoms with Crippen molar-refractivity contribution < 1.29 is 0 Å². The van der Waals surface area contributed by atoms with Gasteiger partial charge in [-0.2, -0.15) is 0 Å². The summed E-state index contributed by atoms with van der Waals surface area (Å²) in [6.45, 7) is 2.04. The predicted octanol–water partition coefficient (Wildman–Crippen LogP) is 2.74. The van der Waals surface area contributed by atoms with E-state index in [1.54, 1.807) is 0 Å². The summed E-state index contributed by atoms with van der Waals surface area (Å²) in [7, 11) is 0. The van der Waals surface area contributed by atoms with Crippen LogP contribution < -0.4 is 5.73 Å². The van der Waals surface area contributed by atoms with Crippen LogP contribution in [0.2, 0.25) is 0 Å². The molecule has 0 fully saturated rings. The van der Waals surface area contributed by atoms with Gasteiger partial charge in [-0.1, -0.05) is 12.1 Å². The lowest BCUT2D eigenvalue weighted by Crippen LogP contribution is -2.07. The highest BCUT2D eigenvalue weighted by Gasteiger charge is 2.10. The molecule has 2 rings (SSSR count). The lowest BCUT2D eigenvalue weighted by Gasteiger charge is -2.17. The van der Waals surface area contributed by atoms with Gasteiger partial charge in [0.1, 0.15) is 0 Å². The van der Waals surface area contributed by atoms with Crippen molar-refractivity contribution in [2.75, 3.05) is 5.75 Å². The molecule has 0 aliphatic carbocycles. The van der Waals surface area contributed by atoms with Crippen LogP contribution in [0.5, 0.6) is 0 Å². The van der Waals surface area contributed by atoms with Gasteiger partial charge in [-0.25, -0.2) is 0 Å². The molecule has 1 unspecified atom stereocenters. The zero-order valence-electron chi connectivity index (χ0n) is 7.92. The zero-order valence-corrected chi connectivity index (χ0v) is 8.73. The van der Waals surface area contributed by atoms with E-state index in [2.05, 4.69) is 18.2 Å². The molecular weight excluding hydrogens is 178 g/mol. The largest absolute Gasteiger partial charge is 0.324 e. The molecule has 1 aromatic carbocycles. The van der Waals surface area contributed by atoms with E-state index < -0.39 is 0 Å². The summed E-state index contributed by atoms with van der Waals surface area (Å²) in [6.07, 6.45) is 2.53. The van der Waals surface area contributed by atoms with Crippen LogP contribution in [0.4, 0.5) is 0 Å². The van der Waals surface area contributed by atoms with E-state index in [0.717, 1.165) is 0 Å². The average molecular weight is 193 g/mol. The number of nitrogens with two attached hydrogens (primary N) is 1. The normalized spacial score (nSPS) is 18.0. The fourth-order valence-electron chi connectivity index (χ4n) is 1.66. The Kier molecular flexibility index (Phi) is 2.61. The smallest absolute Gasteiger partial charge is 0.0266 e. The number of hydrogen-bond donors (Lipinski definition) is 1. The maximum absolute atomic E-state index is 5.84. The summed E-state index contributed by atoms with van der Waals surface area (Å²) in [6, 6.07) is 6.81. The molecule has 13 heavy (non-hydrogen) atoms. The fraction of sp³-hybridized carbons (Fsp3) is 0.455. The van der Waals surface area contributed by atoms with Crippen LogP contribution in [0, 0.1) is 0 Å². The van der Waals surface area contributed by atoms with Gasteiger partial charge in [-0.15, -0.1) is 11.8 Å². The third-order valence-corrected chi connectivity index (χ3v) is 3.66. The Hall–Kier alpha value is -0.470. The van der Waals surface area contributed by atoms with E-state index in [9.17, 15) is 0 Å². The van der Waals surface area contributed by atoms with Crippen molar-refractivity contribution in [2.24, 2.45) is 5.73 Å². The molecule has 70 valence electrons. The summed E-state index contributed by atoms with van der Waals surface area (Å²) in [5.41, 5.74) is 8.60. The van der Waals surface area contributed by atoms with Gasteiger partial charge in [0.25, 0.3) is 0 Å². The Morgan fingerprint density at radius 2 is 2.31 bits per heavy atom. The molecule has 0 saturated carbocycles. The van der Waals surface area contributed by atoms with Gasteiger partial charge in [0.15, 0.2) is 0 Å². The molecule has 2 N–H and O–H groups in total. The second-order valence-corrected chi connectivity index (χ2v) is 4.74. The Morgan fingerprint density at radius 3 is 3.08 bits per heavy atom. The van der Waals surface area contributed by atoms with Gasteiger partial charge in [0.2, 0.25) is 0 Å². The molecule has 1 aliphatic heterocycles. The van der Waals surface area contributed by atoms with Crippen LogP contribution in [0.15, 0.2) is 23.1 Å². The molecule has 0 amide bonds. The molecule has 0 aromatic heterocycles. The first-order chi connectivity index (χ1) is 6.27. The molecule has 0 bridgehead atoms. The molecule has 0 radical (unpaired) electrons. The van der Waals surface area contributed by atoms with Gasteiger partial charge in [0.05, 0.1) is 0 Å². The Morgan fingerprint density at radius 1 is 1.46 bits per heavy atom. The lowest BCUT2D eigenvalue weighted by atomic mass is 10.0. The molecule has 2 heteroatoms. The van der Waals surface area contributed by atoms with Crippen molar-refractivity contribution in [1.82, 2.24) is 0 Å². The third-order valence-electron chi connectivity index (χ3n) is 2.46. The zero-order chi connectivity index (χ0) is 9.26.